The number of benzene rings is 2. The van der Waals surface area contributed by atoms with E-state index < -0.39 is 5.91 Å². The van der Waals surface area contributed by atoms with Gasteiger partial charge in [0.2, 0.25) is 15.9 Å². The number of anilines is 2. The second kappa shape index (κ2) is 10.3. The molecule has 1 fully saturated rings. The topological polar surface area (TPSA) is 104 Å². The van der Waals surface area contributed by atoms with Gasteiger partial charge in [-0.25, -0.2) is 0 Å². The Kier molecular flexibility index (Phi) is 7.23. The fraction of sp³-hybridized carbons (Fsp3) is 0.292. The van der Waals surface area contributed by atoms with Crippen LogP contribution in [-0.2, 0) is 4.79 Å². The van der Waals surface area contributed by atoms with Gasteiger partial charge in [-0.1, -0.05) is 46.7 Å². The Morgan fingerprint density at radius 1 is 1.06 bits per heavy atom. The lowest BCUT2D eigenvalue weighted by molar-refractivity contribution is -0.121. The summed E-state index contributed by atoms with van der Waals surface area (Å²) in [5.41, 5.74) is 3.42. The highest BCUT2D eigenvalue weighted by atomic mass is 35.5. The molecule has 1 atom stereocenters. The number of nitrogens with zero attached hydrogens (tertiary/aromatic N) is 3. The first-order valence-electron chi connectivity index (χ1n) is 10.9. The van der Waals surface area contributed by atoms with E-state index in [0.717, 1.165) is 28.2 Å². The summed E-state index contributed by atoms with van der Waals surface area (Å²) in [4.78, 5) is 40.0. The Balaban J connectivity index is 1.38. The first-order valence-corrected chi connectivity index (χ1v) is 12.1. The average Bonchev–Trinajstić information content (AvgIpc) is 3.31. The molecule has 2 heterocycles. The highest BCUT2D eigenvalue weighted by molar-refractivity contribution is 7.15. The molecule has 0 spiro atoms. The predicted molar refractivity (Wildman–Crippen MR) is 132 cm³/mol. The van der Waals surface area contributed by atoms with Crippen molar-refractivity contribution < 1.29 is 14.4 Å². The van der Waals surface area contributed by atoms with Crippen LogP contribution in [0.2, 0.25) is 5.02 Å². The summed E-state index contributed by atoms with van der Waals surface area (Å²) in [6.07, 6.45) is 1.40. The molecule has 1 aromatic heterocycles. The lowest BCUT2D eigenvalue weighted by atomic mass is 9.96. The van der Waals surface area contributed by atoms with Crippen molar-refractivity contribution in [2.45, 2.75) is 26.7 Å². The molecule has 0 saturated carbocycles. The molecular weight excluding hydrogens is 474 g/mol. The average molecular weight is 498 g/mol. The number of nitrogens with one attached hydrogen (secondary N) is 2. The number of aromatic nitrogens is 2. The van der Waals surface area contributed by atoms with Crippen LogP contribution in [0.1, 0.15) is 43.6 Å². The Morgan fingerprint density at radius 2 is 1.85 bits per heavy atom. The van der Waals surface area contributed by atoms with Crippen LogP contribution in [0.5, 0.6) is 0 Å². The number of piperidine rings is 1. The number of hydrogen-bond acceptors (Lipinski definition) is 6. The third-order valence-electron chi connectivity index (χ3n) is 5.60. The van der Waals surface area contributed by atoms with Crippen molar-refractivity contribution in [2.75, 3.05) is 23.7 Å². The van der Waals surface area contributed by atoms with Gasteiger partial charge < -0.3 is 15.5 Å². The lowest BCUT2D eigenvalue weighted by Crippen LogP contribution is -2.43. The highest BCUT2D eigenvalue weighted by Crippen LogP contribution is 2.24. The Labute approximate surface area is 206 Å². The van der Waals surface area contributed by atoms with Crippen molar-refractivity contribution >= 4 is 52.0 Å². The second-order valence-electron chi connectivity index (χ2n) is 8.27. The molecule has 0 bridgehead atoms. The Morgan fingerprint density at radius 3 is 2.62 bits per heavy atom. The number of likely N-dealkylation sites (tertiary alicyclic amines) is 1. The molecule has 34 heavy (non-hydrogen) atoms. The van der Waals surface area contributed by atoms with E-state index in [-0.39, 0.29) is 27.7 Å². The van der Waals surface area contributed by atoms with E-state index in [1.54, 1.807) is 29.2 Å². The first kappa shape index (κ1) is 23.8. The van der Waals surface area contributed by atoms with Crippen LogP contribution in [0, 0.1) is 19.8 Å². The van der Waals surface area contributed by atoms with E-state index in [0.29, 0.717) is 36.6 Å². The zero-order chi connectivity index (χ0) is 24.2. The van der Waals surface area contributed by atoms with Crippen LogP contribution in [0.15, 0.2) is 42.5 Å². The summed E-state index contributed by atoms with van der Waals surface area (Å²) < 4.78 is 0. The molecule has 3 amide bonds. The molecule has 0 aliphatic carbocycles. The molecule has 0 radical (unpaired) electrons. The molecule has 1 saturated heterocycles. The summed E-state index contributed by atoms with van der Waals surface area (Å²) in [6.45, 7) is 4.77. The van der Waals surface area contributed by atoms with Crippen molar-refractivity contribution in [1.29, 1.82) is 0 Å². The van der Waals surface area contributed by atoms with Crippen molar-refractivity contribution in [3.8, 4) is 0 Å². The van der Waals surface area contributed by atoms with Crippen LogP contribution in [-0.4, -0.2) is 45.9 Å². The van der Waals surface area contributed by atoms with Crippen molar-refractivity contribution in [3.05, 3.63) is 68.6 Å². The van der Waals surface area contributed by atoms with Gasteiger partial charge in [0.05, 0.1) is 5.92 Å². The number of rotatable bonds is 5. The molecule has 1 aliphatic rings. The molecule has 1 aliphatic heterocycles. The van der Waals surface area contributed by atoms with Gasteiger partial charge in [0.1, 0.15) is 0 Å². The zero-order valence-corrected chi connectivity index (χ0v) is 20.4. The number of carbonyl (C=O) groups is 3. The summed E-state index contributed by atoms with van der Waals surface area (Å²) in [6, 6.07) is 12.6. The summed E-state index contributed by atoms with van der Waals surface area (Å²) in [7, 11) is 0. The standard InChI is InChI=1S/C24H24ClN5O3S/c1-14-8-9-19(15(2)11-14)27-20(31)16-5-4-10-30(13-16)24(33)23-29-28-22(34-23)21(32)26-18-7-3-6-17(25)12-18/h3,6-9,11-12,16H,4-5,10,13H2,1-2H3,(H,26,32)(H,27,31)/t16-/m1/s1. The maximum absolute atomic E-state index is 13.0. The molecule has 4 rings (SSSR count). The largest absolute Gasteiger partial charge is 0.336 e. The SMILES string of the molecule is Cc1ccc(NC(=O)[C@@H]2CCCN(C(=O)c3nnc(C(=O)Nc4cccc(Cl)c4)s3)C2)c(C)c1. The van der Waals surface area contributed by atoms with E-state index in [4.69, 9.17) is 11.6 Å². The molecule has 176 valence electrons. The van der Waals surface area contributed by atoms with Gasteiger partial charge in [0.15, 0.2) is 0 Å². The zero-order valence-electron chi connectivity index (χ0n) is 18.8. The highest BCUT2D eigenvalue weighted by Gasteiger charge is 2.31. The minimum Gasteiger partial charge on any atom is -0.336 e. The molecule has 10 heteroatoms. The Bertz CT molecular complexity index is 1240. The molecular formula is C24H24ClN5O3S. The number of amides is 3. The van der Waals surface area contributed by atoms with Crippen LogP contribution >= 0.6 is 22.9 Å². The molecule has 0 unspecified atom stereocenters. The van der Waals surface area contributed by atoms with Gasteiger partial charge in [-0.15, -0.1) is 10.2 Å². The van der Waals surface area contributed by atoms with Crippen LogP contribution in [0.3, 0.4) is 0 Å². The van der Waals surface area contributed by atoms with Crippen LogP contribution in [0.25, 0.3) is 0 Å². The number of carbonyl (C=O) groups excluding carboxylic acids is 3. The van der Waals surface area contributed by atoms with Crippen molar-refractivity contribution in [3.63, 3.8) is 0 Å². The first-order chi connectivity index (χ1) is 16.3. The lowest BCUT2D eigenvalue weighted by Gasteiger charge is -2.31. The summed E-state index contributed by atoms with van der Waals surface area (Å²) in [5, 5.41) is 14.2. The summed E-state index contributed by atoms with van der Waals surface area (Å²) >= 11 is 6.87. The minimum atomic E-state index is -0.469. The van der Waals surface area contributed by atoms with Crippen LogP contribution < -0.4 is 10.6 Å². The van der Waals surface area contributed by atoms with E-state index >= 15 is 0 Å². The van der Waals surface area contributed by atoms with Crippen molar-refractivity contribution in [1.82, 2.24) is 15.1 Å². The van der Waals surface area contributed by atoms with Gasteiger partial charge in [-0.3, -0.25) is 14.4 Å². The van der Waals surface area contributed by atoms with Crippen LogP contribution in [0.4, 0.5) is 11.4 Å². The van der Waals surface area contributed by atoms with Gasteiger partial charge in [0.25, 0.3) is 11.8 Å². The number of hydrogen-bond donors (Lipinski definition) is 2. The molecule has 2 aromatic carbocycles. The summed E-state index contributed by atoms with van der Waals surface area (Å²) in [5.74, 6) is -1.23. The third-order valence-corrected chi connectivity index (χ3v) is 6.75. The van der Waals surface area contributed by atoms with Gasteiger partial charge in [-0.05, 0) is 56.5 Å². The molecule has 3 aromatic rings. The van der Waals surface area contributed by atoms with E-state index in [1.807, 2.05) is 32.0 Å². The minimum absolute atomic E-state index is 0.0736. The maximum atomic E-state index is 13.0. The monoisotopic (exact) mass is 497 g/mol. The smallest absolute Gasteiger partial charge is 0.286 e. The molecule has 8 nitrogen and oxygen atoms in total. The predicted octanol–water partition coefficient (Wildman–Crippen LogP) is 4.55. The normalized spacial score (nSPS) is 15.6. The van der Waals surface area contributed by atoms with E-state index in [2.05, 4.69) is 20.8 Å². The van der Waals surface area contributed by atoms with Gasteiger partial charge in [0, 0.05) is 29.5 Å². The van der Waals surface area contributed by atoms with Crippen molar-refractivity contribution in [2.24, 2.45) is 5.92 Å². The Hall–Kier alpha value is -3.30. The van der Waals surface area contributed by atoms with Gasteiger partial charge >= 0.3 is 0 Å². The fourth-order valence-electron chi connectivity index (χ4n) is 3.85. The van der Waals surface area contributed by atoms with E-state index in [9.17, 15) is 14.4 Å². The third kappa shape index (κ3) is 5.60. The maximum Gasteiger partial charge on any atom is 0.286 e. The number of halogens is 1. The second-order valence-corrected chi connectivity index (χ2v) is 9.69. The quantitative estimate of drug-likeness (QED) is 0.538. The molecule has 2 N–H and O–H groups in total. The van der Waals surface area contributed by atoms with E-state index in [1.165, 1.54) is 0 Å². The number of aryl methyl sites for hydroxylation is 2. The fourth-order valence-corrected chi connectivity index (χ4v) is 4.75. The van der Waals surface area contributed by atoms with Gasteiger partial charge in [-0.2, -0.15) is 0 Å².